The minimum absolute atomic E-state index is 0.560. The average molecular weight is 162 g/mol. The minimum atomic E-state index is 0.560. The first-order chi connectivity index (χ1) is 5.58. The van der Waals surface area contributed by atoms with Crippen LogP contribution in [0, 0.1) is 17.3 Å². The number of fused-ring (bicyclic) bond motifs is 1. The molecule has 0 spiro atoms. The molecule has 0 radical (unpaired) electrons. The molecule has 0 amide bonds. The summed E-state index contributed by atoms with van der Waals surface area (Å²) in [6.07, 6.45) is 8.54. The molecule has 0 nitrogen and oxygen atoms in total. The van der Waals surface area contributed by atoms with E-state index in [1.165, 1.54) is 24.8 Å². The third-order valence-corrected chi connectivity index (χ3v) is 3.40. The standard InChI is InChI=1S/C12H18/c1-9-5-4-6-10-7-12(2,3)8-11(9)10/h4-5,10-11H,1,6-8H2,2-3H3. The lowest BCUT2D eigenvalue weighted by molar-refractivity contribution is 0.361. The van der Waals surface area contributed by atoms with Crippen molar-refractivity contribution in [3.63, 3.8) is 0 Å². The van der Waals surface area contributed by atoms with Crippen molar-refractivity contribution in [1.29, 1.82) is 0 Å². The molecular formula is C12H18. The Morgan fingerprint density at radius 2 is 2.17 bits per heavy atom. The van der Waals surface area contributed by atoms with Gasteiger partial charge in [-0.2, -0.15) is 0 Å². The second-order valence-corrected chi connectivity index (χ2v) is 5.15. The van der Waals surface area contributed by atoms with Gasteiger partial charge >= 0.3 is 0 Å². The topological polar surface area (TPSA) is 0 Å². The fourth-order valence-electron chi connectivity index (χ4n) is 2.90. The summed E-state index contributed by atoms with van der Waals surface area (Å²) in [5.41, 5.74) is 1.93. The van der Waals surface area contributed by atoms with Gasteiger partial charge in [0.15, 0.2) is 0 Å². The molecule has 66 valence electrons. The first kappa shape index (κ1) is 8.10. The van der Waals surface area contributed by atoms with Crippen LogP contribution in [-0.4, -0.2) is 0 Å². The molecule has 2 aliphatic carbocycles. The molecule has 0 heteroatoms. The third-order valence-electron chi connectivity index (χ3n) is 3.40. The monoisotopic (exact) mass is 162 g/mol. The van der Waals surface area contributed by atoms with E-state index < -0.39 is 0 Å². The lowest BCUT2D eigenvalue weighted by atomic mass is 9.83. The van der Waals surface area contributed by atoms with Gasteiger partial charge in [-0.05, 0) is 36.5 Å². The van der Waals surface area contributed by atoms with Crippen LogP contribution in [0.15, 0.2) is 24.3 Å². The molecule has 0 aromatic rings. The van der Waals surface area contributed by atoms with E-state index in [1.54, 1.807) is 0 Å². The van der Waals surface area contributed by atoms with Gasteiger partial charge in [0.25, 0.3) is 0 Å². The highest BCUT2D eigenvalue weighted by molar-refractivity contribution is 5.25. The van der Waals surface area contributed by atoms with Crippen LogP contribution in [0.1, 0.15) is 33.1 Å². The second kappa shape index (κ2) is 2.48. The summed E-state index contributed by atoms with van der Waals surface area (Å²) in [6, 6.07) is 0. The van der Waals surface area contributed by atoms with Gasteiger partial charge in [-0.1, -0.05) is 38.2 Å². The molecule has 0 aliphatic heterocycles. The van der Waals surface area contributed by atoms with Crippen molar-refractivity contribution >= 4 is 0 Å². The molecule has 0 aromatic carbocycles. The van der Waals surface area contributed by atoms with Crippen molar-refractivity contribution < 1.29 is 0 Å². The fourth-order valence-corrected chi connectivity index (χ4v) is 2.90. The zero-order valence-electron chi connectivity index (χ0n) is 8.14. The Morgan fingerprint density at radius 1 is 1.42 bits per heavy atom. The van der Waals surface area contributed by atoms with E-state index in [-0.39, 0.29) is 0 Å². The van der Waals surface area contributed by atoms with Gasteiger partial charge in [-0.25, -0.2) is 0 Å². The molecule has 12 heavy (non-hydrogen) atoms. The van der Waals surface area contributed by atoms with Gasteiger partial charge in [0.05, 0.1) is 0 Å². The van der Waals surface area contributed by atoms with Crippen LogP contribution in [-0.2, 0) is 0 Å². The number of allylic oxidation sites excluding steroid dienone is 3. The number of hydrogen-bond donors (Lipinski definition) is 0. The van der Waals surface area contributed by atoms with Crippen molar-refractivity contribution in [2.75, 3.05) is 0 Å². The molecule has 0 bridgehead atoms. The van der Waals surface area contributed by atoms with Gasteiger partial charge < -0.3 is 0 Å². The molecular weight excluding hydrogens is 144 g/mol. The zero-order chi connectivity index (χ0) is 8.77. The molecule has 0 heterocycles. The van der Waals surface area contributed by atoms with E-state index in [2.05, 4.69) is 32.6 Å². The molecule has 2 atom stereocenters. The van der Waals surface area contributed by atoms with E-state index >= 15 is 0 Å². The Bertz CT molecular complexity index is 232. The summed E-state index contributed by atoms with van der Waals surface area (Å²) in [7, 11) is 0. The van der Waals surface area contributed by atoms with Crippen LogP contribution in [0.3, 0.4) is 0 Å². The van der Waals surface area contributed by atoms with E-state index in [0.717, 1.165) is 11.8 Å². The van der Waals surface area contributed by atoms with Gasteiger partial charge in [-0.3, -0.25) is 0 Å². The van der Waals surface area contributed by atoms with E-state index in [1.807, 2.05) is 0 Å². The highest BCUT2D eigenvalue weighted by Crippen LogP contribution is 2.50. The maximum atomic E-state index is 4.14. The van der Waals surface area contributed by atoms with E-state index in [9.17, 15) is 0 Å². The van der Waals surface area contributed by atoms with E-state index in [4.69, 9.17) is 0 Å². The number of rotatable bonds is 0. The Balaban J connectivity index is 2.20. The fraction of sp³-hybridized carbons (Fsp3) is 0.667. The van der Waals surface area contributed by atoms with Crippen molar-refractivity contribution in [2.45, 2.75) is 33.1 Å². The largest absolute Gasteiger partial charge is 0.0955 e. The third kappa shape index (κ3) is 1.24. The van der Waals surface area contributed by atoms with Gasteiger partial charge in [0.1, 0.15) is 0 Å². The molecule has 0 saturated heterocycles. The van der Waals surface area contributed by atoms with Crippen LogP contribution in [0.5, 0.6) is 0 Å². The van der Waals surface area contributed by atoms with E-state index in [0.29, 0.717) is 5.41 Å². The van der Waals surface area contributed by atoms with Crippen LogP contribution in [0.2, 0.25) is 0 Å². The first-order valence-corrected chi connectivity index (χ1v) is 4.94. The second-order valence-electron chi connectivity index (χ2n) is 5.15. The highest BCUT2D eigenvalue weighted by atomic mass is 14.4. The van der Waals surface area contributed by atoms with Gasteiger partial charge in [-0.15, -0.1) is 0 Å². The quantitative estimate of drug-likeness (QED) is 0.511. The molecule has 1 saturated carbocycles. The van der Waals surface area contributed by atoms with Crippen molar-refractivity contribution in [3.05, 3.63) is 24.3 Å². The Morgan fingerprint density at radius 3 is 2.83 bits per heavy atom. The summed E-state index contributed by atoms with van der Waals surface area (Å²) >= 11 is 0. The summed E-state index contributed by atoms with van der Waals surface area (Å²) in [5, 5.41) is 0. The molecule has 2 rings (SSSR count). The maximum Gasteiger partial charge on any atom is -0.0131 e. The molecule has 0 aromatic heterocycles. The Kier molecular flexibility index (Phi) is 1.67. The molecule has 0 N–H and O–H groups in total. The summed E-state index contributed by atoms with van der Waals surface area (Å²) in [5.74, 6) is 1.70. The van der Waals surface area contributed by atoms with Gasteiger partial charge in [0.2, 0.25) is 0 Å². The molecule has 2 unspecified atom stereocenters. The minimum Gasteiger partial charge on any atom is -0.0955 e. The normalized spacial score (nSPS) is 38.3. The van der Waals surface area contributed by atoms with Crippen LogP contribution in [0.25, 0.3) is 0 Å². The lowest BCUT2D eigenvalue weighted by Gasteiger charge is -2.22. The molecule has 1 fully saturated rings. The van der Waals surface area contributed by atoms with Crippen molar-refractivity contribution in [1.82, 2.24) is 0 Å². The SMILES string of the molecule is C=C1C=CCC2CC(C)(C)CC12. The smallest absolute Gasteiger partial charge is 0.0131 e. The Hall–Kier alpha value is -0.520. The summed E-state index contributed by atoms with van der Waals surface area (Å²) in [4.78, 5) is 0. The van der Waals surface area contributed by atoms with Crippen molar-refractivity contribution in [3.8, 4) is 0 Å². The average Bonchev–Trinajstić information content (AvgIpc) is 2.25. The van der Waals surface area contributed by atoms with Gasteiger partial charge in [0, 0.05) is 0 Å². The van der Waals surface area contributed by atoms with Crippen LogP contribution < -0.4 is 0 Å². The van der Waals surface area contributed by atoms with Crippen molar-refractivity contribution in [2.24, 2.45) is 17.3 Å². The molecule has 2 aliphatic rings. The van der Waals surface area contributed by atoms with Crippen LogP contribution >= 0.6 is 0 Å². The lowest BCUT2D eigenvalue weighted by Crippen LogP contribution is -2.11. The maximum absolute atomic E-state index is 4.14. The predicted octanol–water partition coefficient (Wildman–Crippen LogP) is 3.55. The number of hydrogen-bond acceptors (Lipinski definition) is 0. The zero-order valence-corrected chi connectivity index (χ0v) is 8.14. The summed E-state index contributed by atoms with van der Waals surface area (Å²) in [6.45, 7) is 8.91. The highest BCUT2D eigenvalue weighted by Gasteiger charge is 2.40. The summed E-state index contributed by atoms with van der Waals surface area (Å²) < 4.78 is 0. The van der Waals surface area contributed by atoms with Crippen LogP contribution in [0.4, 0.5) is 0 Å². The predicted molar refractivity (Wildman–Crippen MR) is 52.9 cm³/mol. The Labute approximate surface area is 75.4 Å². The first-order valence-electron chi connectivity index (χ1n) is 4.94.